The largest absolute Gasteiger partial charge is 0.368 e. The van der Waals surface area contributed by atoms with E-state index in [0.29, 0.717) is 42.9 Å². The van der Waals surface area contributed by atoms with Gasteiger partial charge in [0.25, 0.3) is 11.8 Å². The Labute approximate surface area is 179 Å². The van der Waals surface area contributed by atoms with Crippen LogP contribution in [0.15, 0.2) is 60.0 Å². The number of hydrogen-bond acceptors (Lipinski definition) is 6. The van der Waals surface area contributed by atoms with Crippen LogP contribution in [0.5, 0.6) is 0 Å². The molecule has 0 saturated carbocycles. The fourth-order valence-corrected chi connectivity index (χ4v) is 3.86. The fraction of sp³-hybridized carbons (Fsp3) is 0.318. The number of anilines is 1. The average molecular weight is 420 g/mol. The maximum atomic E-state index is 13.0. The van der Waals surface area contributed by atoms with Gasteiger partial charge in [-0.15, -0.1) is 0 Å². The number of piperidine rings is 1. The highest BCUT2D eigenvalue weighted by Gasteiger charge is 2.37. The van der Waals surface area contributed by atoms with Gasteiger partial charge in [0.2, 0.25) is 5.91 Å². The Morgan fingerprint density at radius 2 is 1.77 bits per heavy atom. The van der Waals surface area contributed by atoms with Gasteiger partial charge in [-0.1, -0.05) is 18.2 Å². The number of aromatic nitrogens is 1. The first-order valence-corrected chi connectivity index (χ1v) is 10.2. The molecule has 1 atom stereocenters. The molecule has 0 radical (unpaired) electrons. The number of likely N-dealkylation sites (tertiary alicyclic amines) is 1. The number of hydrazone groups is 1. The van der Waals surface area contributed by atoms with Gasteiger partial charge < -0.3 is 16.0 Å². The van der Waals surface area contributed by atoms with E-state index < -0.39 is 11.9 Å². The smallest absolute Gasteiger partial charge is 0.270 e. The first kappa shape index (κ1) is 20.5. The first-order chi connectivity index (χ1) is 15.0. The van der Waals surface area contributed by atoms with E-state index in [1.54, 1.807) is 23.2 Å². The molecular formula is C22H24N6O3. The van der Waals surface area contributed by atoms with E-state index in [-0.39, 0.29) is 24.3 Å². The lowest BCUT2D eigenvalue weighted by atomic mass is 10.0. The number of amides is 3. The topological polar surface area (TPSA) is 121 Å². The fourth-order valence-electron chi connectivity index (χ4n) is 3.86. The van der Waals surface area contributed by atoms with E-state index in [4.69, 9.17) is 5.73 Å². The predicted molar refractivity (Wildman–Crippen MR) is 115 cm³/mol. The third-order valence-electron chi connectivity index (χ3n) is 5.55. The minimum atomic E-state index is -0.683. The van der Waals surface area contributed by atoms with Crippen LogP contribution in [0.3, 0.4) is 0 Å². The molecule has 0 aliphatic carbocycles. The molecule has 0 bridgehead atoms. The molecule has 1 saturated heterocycles. The molecule has 9 nitrogen and oxygen atoms in total. The highest BCUT2D eigenvalue weighted by atomic mass is 16.2. The molecule has 31 heavy (non-hydrogen) atoms. The zero-order valence-corrected chi connectivity index (χ0v) is 17.0. The number of rotatable bonds is 5. The Kier molecular flexibility index (Phi) is 5.92. The lowest BCUT2D eigenvalue weighted by Crippen LogP contribution is -2.48. The minimum Gasteiger partial charge on any atom is -0.368 e. The van der Waals surface area contributed by atoms with Crippen molar-refractivity contribution in [2.75, 3.05) is 18.1 Å². The molecule has 1 aromatic heterocycles. The van der Waals surface area contributed by atoms with Gasteiger partial charge in [0.05, 0.1) is 11.3 Å². The highest BCUT2D eigenvalue weighted by Crippen LogP contribution is 2.25. The minimum absolute atomic E-state index is 0.0125. The Bertz CT molecular complexity index is 987. The molecule has 0 spiro atoms. The van der Waals surface area contributed by atoms with Crippen LogP contribution in [-0.2, 0) is 9.59 Å². The molecule has 1 unspecified atom stereocenters. The second kappa shape index (κ2) is 8.95. The van der Waals surface area contributed by atoms with Crippen molar-refractivity contribution in [3.05, 3.63) is 60.4 Å². The molecule has 2 aromatic rings. The standard InChI is InChI=1S/C22H24N6O3/c23-20(29)19-13-18(26-28(19)17-6-2-1-3-7-17)22(31)27-11-8-16(9-12-27)25-21(30)15-5-4-10-24-14-15/h1-7,10,14,16,19H,8-9,11-13H2,(H2,23,29)(H,25,30). The Morgan fingerprint density at radius 1 is 1.03 bits per heavy atom. The van der Waals surface area contributed by atoms with Gasteiger partial charge in [-0.3, -0.25) is 24.4 Å². The van der Waals surface area contributed by atoms with E-state index in [0.717, 1.165) is 0 Å². The van der Waals surface area contributed by atoms with Crippen molar-refractivity contribution in [2.45, 2.75) is 31.3 Å². The molecule has 1 fully saturated rings. The van der Waals surface area contributed by atoms with Gasteiger partial charge >= 0.3 is 0 Å². The molecule has 1 aromatic carbocycles. The van der Waals surface area contributed by atoms with Gasteiger partial charge in [-0.25, -0.2) is 0 Å². The Balaban J connectivity index is 1.37. The molecule has 2 aliphatic rings. The van der Waals surface area contributed by atoms with Gasteiger partial charge in [-0.2, -0.15) is 5.10 Å². The normalized spacial score (nSPS) is 19.1. The van der Waals surface area contributed by atoms with Crippen molar-refractivity contribution in [2.24, 2.45) is 10.8 Å². The van der Waals surface area contributed by atoms with Crippen LogP contribution in [0.25, 0.3) is 0 Å². The Morgan fingerprint density at radius 3 is 2.42 bits per heavy atom. The number of carbonyl (C=O) groups excluding carboxylic acids is 3. The van der Waals surface area contributed by atoms with Crippen LogP contribution in [0.1, 0.15) is 29.6 Å². The average Bonchev–Trinajstić information content (AvgIpc) is 3.26. The number of para-hydroxylation sites is 1. The number of nitrogens with zero attached hydrogens (tertiary/aromatic N) is 4. The summed E-state index contributed by atoms with van der Waals surface area (Å²) in [7, 11) is 0. The monoisotopic (exact) mass is 420 g/mol. The van der Waals surface area contributed by atoms with E-state index in [9.17, 15) is 14.4 Å². The van der Waals surface area contributed by atoms with Crippen LogP contribution in [0.4, 0.5) is 5.69 Å². The number of pyridine rings is 1. The van der Waals surface area contributed by atoms with E-state index in [2.05, 4.69) is 15.4 Å². The maximum absolute atomic E-state index is 13.0. The van der Waals surface area contributed by atoms with Crippen LogP contribution in [0, 0.1) is 0 Å². The summed E-state index contributed by atoms with van der Waals surface area (Å²) < 4.78 is 0. The summed E-state index contributed by atoms with van der Waals surface area (Å²) in [5, 5.41) is 8.95. The van der Waals surface area contributed by atoms with E-state index in [1.165, 1.54) is 11.2 Å². The Hall–Kier alpha value is -3.75. The molecule has 4 rings (SSSR count). The van der Waals surface area contributed by atoms with Gasteiger partial charge in [0, 0.05) is 37.9 Å². The second-order valence-electron chi connectivity index (χ2n) is 7.63. The number of nitrogens with two attached hydrogens (primary N) is 1. The molecule has 9 heteroatoms. The van der Waals surface area contributed by atoms with Crippen molar-refractivity contribution in [3.8, 4) is 0 Å². The van der Waals surface area contributed by atoms with Gasteiger partial charge in [-0.05, 0) is 37.1 Å². The summed E-state index contributed by atoms with van der Waals surface area (Å²) in [6.45, 7) is 1.00. The number of benzene rings is 1. The van der Waals surface area contributed by atoms with Crippen molar-refractivity contribution in [1.29, 1.82) is 0 Å². The molecule has 3 N–H and O–H groups in total. The van der Waals surface area contributed by atoms with Crippen LogP contribution < -0.4 is 16.1 Å². The molecule has 160 valence electrons. The summed E-state index contributed by atoms with van der Waals surface area (Å²) >= 11 is 0. The van der Waals surface area contributed by atoms with Crippen molar-refractivity contribution in [1.82, 2.24) is 15.2 Å². The number of nitrogens with one attached hydrogen (secondary N) is 1. The summed E-state index contributed by atoms with van der Waals surface area (Å²) in [5.74, 6) is -0.880. The molecular weight excluding hydrogens is 396 g/mol. The van der Waals surface area contributed by atoms with Crippen molar-refractivity contribution >= 4 is 29.1 Å². The number of primary amides is 1. The first-order valence-electron chi connectivity index (χ1n) is 10.2. The van der Waals surface area contributed by atoms with E-state index in [1.807, 2.05) is 30.3 Å². The quantitative estimate of drug-likeness (QED) is 0.745. The second-order valence-corrected chi connectivity index (χ2v) is 7.63. The zero-order valence-electron chi connectivity index (χ0n) is 17.0. The zero-order chi connectivity index (χ0) is 21.8. The van der Waals surface area contributed by atoms with Gasteiger partial charge in [0.15, 0.2) is 0 Å². The summed E-state index contributed by atoms with van der Waals surface area (Å²) in [5.41, 5.74) is 7.11. The lowest BCUT2D eigenvalue weighted by Gasteiger charge is -2.32. The maximum Gasteiger partial charge on any atom is 0.270 e. The molecule has 2 aliphatic heterocycles. The van der Waals surface area contributed by atoms with Crippen molar-refractivity contribution in [3.63, 3.8) is 0 Å². The number of hydrogen-bond donors (Lipinski definition) is 2. The number of carbonyl (C=O) groups is 3. The summed E-state index contributed by atoms with van der Waals surface area (Å²) in [6, 6.07) is 11.9. The molecule has 3 heterocycles. The van der Waals surface area contributed by atoms with Gasteiger partial charge in [0.1, 0.15) is 11.8 Å². The summed E-state index contributed by atoms with van der Waals surface area (Å²) in [4.78, 5) is 42.9. The van der Waals surface area contributed by atoms with Crippen molar-refractivity contribution < 1.29 is 14.4 Å². The highest BCUT2D eigenvalue weighted by molar-refractivity contribution is 6.40. The lowest BCUT2D eigenvalue weighted by molar-refractivity contribution is -0.125. The van der Waals surface area contributed by atoms with Crippen LogP contribution in [-0.4, -0.2) is 58.5 Å². The summed E-state index contributed by atoms with van der Waals surface area (Å²) in [6.07, 6.45) is 4.62. The SMILES string of the molecule is NC(=O)C1CC(C(=O)N2CCC(NC(=O)c3cccnc3)CC2)=NN1c1ccccc1. The van der Waals surface area contributed by atoms with E-state index >= 15 is 0 Å². The van der Waals surface area contributed by atoms with Crippen LogP contribution >= 0.6 is 0 Å². The molecule has 3 amide bonds. The third kappa shape index (κ3) is 4.55. The third-order valence-corrected chi connectivity index (χ3v) is 5.55. The van der Waals surface area contributed by atoms with Crippen LogP contribution in [0.2, 0.25) is 0 Å². The predicted octanol–water partition coefficient (Wildman–Crippen LogP) is 0.923.